The molecule has 0 radical (unpaired) electrons. The van der Waals surface area contributed by atoms with Crippen LogP contribution in [0.4, 0.5) is 10.5 Å². The van der Waals surface area contributed by atoms with Gasteiger partial charge in [-0.05, 0) is 23.8 Å². The number of rotatable bonds is 3. The van der Waals surface area contributed by atoms with E-state index in [-0.39, 0.29) is 0 Å². The molecule has 1 heterocycles. The number of nitrogens with two attached hydrogens (primary N) is 1. The standard InChI is InChI=1S/C12H15N3O2/c1-14-12(16)17-5-3-8-6-9(13)7-11-10(8)2-4-15-11/h2,4,6-7,15H,3,5,13H2,1H3,(H,14,16). The fourth-order valence-electron chi connectivity index (χ4n) is 1.80. The first-order valence-electron chi connectivity index (χ1n) is 5.40. The van der Waals surface area contributed by atoms with Crippen LogP contribution in [-0.2, 0) is 11.2 Å². The van der Waals surface area contributed by atoms with Crippen molar-refractivity contribution in [1.29, 1.82) is 0 Å². The van der Waals surface area contributed by atoms with Crippen LogP contribution in [0.1, 0.15) is 5.56 Å². The molecule has 0 bridgehead atoms. The second kappa shape index (κ2) is 4.78. The number of H-pyrrole nitrogens is 1. The van der Waals surface area contributed by atoms with E-state index < -0.39 is 6.09 Å². The van der Waals surface area contributed by atoms with Crippen LogP contribution in [0.5, 0.6) is 0 Å². The Morgan fingerprint density at radius 3 is 3.12 bits per heavy atom. The van der Waals surface area contributed by atoms with Gasteiger partial charge in [0.15, 0.2) is 0 Å². The minimum absolute atomic E-state index is 0.337. The molecule has 0 aliphatic carbocycles. The van der Waals surface area contributed by atoms with Gasteiger partial charge < -0.3 is 20.8 Å². The quantitative estimate of drug-likeness (QED) is 0.705. The number of ether oxygens (including phenoxy) is 1. The molecule has 2 aromatic rings. The zero-order valence-electron chi connectivity index (χ0n) is 9.62. The first kappa shape index (κ1) is 11.3. The van der Waals surface area contributed by atoms with Gasteiger partial charge in [0, 0.05) is 36.3 Å². The molecule has 2 rings (SSSR count). The predicted molar refractivity (Wildman–Crippen MR) is 66.8 cm³/mol. The molecule has 1 aromatic heterocycles. The molecule has 0 aliphatic rings. The number of carbonyl (C=O) groups excluding carboxylic acids is 1. The van der Waals surface area contributed by atoms with E-state index in [0.29, 0.717) is 18.7 Å². The molecule has 0 saturated carbocycles. The number of aromatic nitrogens is 1. The topological polar surface area (TPSA) is 80.1 Å². The van der Waals surface area contributed by atoms with Crippen molar-refractivity contribution in [3.63, 3.8) is 0 Å². The van der Waals surface area contributed by atoms with E-state index in [0.717, 1.165) is 16.5 Å². The van der Waals surface area contributed by atoms with Crippen molar-refractivity contribution in [3.8, 4) is 0 Å². The Bertz CT molecular complexity index is 534. The smallest absolute Gasteiger partial charge is 0.406 e. The number of hydrogen-bond acceptors (Lipinski definition) is 3. The minimum atomic E-state index is -0.417. The molecule has 5 nitrogen and oxygen atoms in total. The molecule has 0 atom stereocenters. The molecule has 17 heavy (non-hydrogen) atoms. The second-order valence-corrected chi connectivity index (χ2v) is 3.75. The zero-order valence-corrected chi connectivity index (χ0v) is 9.62. The van der Waals surface area contributed by atoms with E-state index in [1.54, 1.807) is 0 Å². The number of alkyl carbamates (subject to hydrolysis) is 1. The van der Waals surface area contributed by atoms with Gasteiger partial charge in [-0.15, -0.1) is 0 Å². The third kappa shape index (κ3) is 2.50. The lowest BCUT2D eigenvalue weighted by Crippen LogP contribution is -2.20. The van der Waals surface area contributed by atoms with Gasteiger partial charge in [-0.2, -0.15) is 0 Å². The predicted octanol–water partition coefficient (Wildman–Crippen LogP) is 1.65. The number of amides is 1. The largest absolute Gasteiger partial charge is 0.449 e. The summed E-state index contributed by atoms with van der Waals surface area (Å²) in [5.41, 5.74) is 8.58. The summed E-state index contributed by atoms with van der Waals surface area (Å²) >= 11 is 0. The first-order chi connectivity index (χ1) is 8.20. The molecule has 0 unspecified atom stereocenters. The van der Waals surface area contributed by atoms with Gasteiger partial charge in [0.2, 0.25) is 0 Å². The average Bonchev–Trinajstić information content (AvgIpc) is 2.76. The Morgan fingerprint density at radius 1 is 1.53 bits per heavy atom. The molecule has 4 N–H and O–H groups in total. The van der Waals surface area contributed by atoms with Gasteiger partial charge in [-0.3, -0.25) is 0 Å². The number of anilines is 1. The average molecular weight is 233 g/mol. The molecule has 0 spiro atoms. The van der Waals surface area contributed by atoms with Crippen molar-refractivity contribution in [1.82, 2.24) is 10.3 Å². The number of hydrogen-bond donors (Lipinski definition) is 3. The summed E-state index contributed by atoms with van der Waals surface area (Å²) in [5.74, 6) is 0. The van der Waals surface area contributed by atoms with Crippen molar-refractivity contribution in [2.24, 2.45) is 0 Å². The normalized spacial score (nSPS) is 10.4. The summed E-state index contributed by atoms with van der Waals surface area (Å²) in [4.78, 5) is 14.0. The maximum absolute atomic E-state index is 10.9. The SMILES string of the molecule is CNC(=O)OCCc1cc(N)cc2[nH]ccc12. The molecule has 1 amide bonds. The highest BCUT2D eigenvalue weighted by molar-refractivity contribution is 5.86. The lowest BCUT2D eigenvalue weighted by molar-refractivity contribution is 0.150. The molecule has 90 valence electrons. The zero-order chi connectivity index (χ0) is 12.3. The van der Waals surface area contributed by atoms with Crippen molar-refractivity contribution >= 4 is 22.7 Å². The molecular formula is C12H15N3O2. The molecule has 0 saturated heterocycles. The number of nitrogens with one attached hydrogen (secondary N) is 2. The van der Waals surface area contributed by atoms with E-state index in [9.17, 15) is 4.79 Å². The lowest BCUT2D eigenvalue weighted by Gasteiger charge is -2.06. The van der Waals surface area contributed by atoms with Gasteiger partial charge >= 0.3 is 6.09 Å². The van der Waals surface area contributed by atoms with Crippen molar-refractivity contribution in [3.05, 3.63) is 30.0 Å². The van der Waals surface area contributed by atoms with Gasteiger partial charge in [0.05, 0.1) is 6.61 Å². The van der Waals surface area contributed by atoms with Crippen molar-refractivity contribution in [2.75, 3.05) is 19.4 Å². The third-order valence-electron chi connectivity index (χ3n) is 2.59. The number of fused-ring (bicyclic) bond motifs is 1. The number of aromatic amines is 1. The summed E-state index contributed by atoms with van der Waals surface area (Å²) in [5, 5.41) is 3.51. The summed E-state index contributed by atoms with van der Waals surface area (Å²) in [6.07, 6.45) is 2.10. The van der Waals surface area contributed by atoms with Crippen LogP contribution in [0.15, 0.2) is 24.4 Å². The Morgan fingerprint density at radius 2 is 2.35 bits per heavy atom. The highest BCUT2D eigenvalue weighted by Crippen LogP contribution is 2.21. The van der Waals surface area contributed by atoms with Gasteiger partial charge in [0.1, 0.15) is 0 Å². The van der Waals surface area contributed by atoms with Crippen LogP contribution in [-0.4, -0.2) is 24.7 Å². The van der Waals surface area contributed by atoms with Crippen LogP contribution in [0.25, 0.3) is 10.9 Å². The van der Waals surface area contributed by atoms with Crippen LogP contribution in [0.2, 0.25) is 0 Å². The monoisotopic (exact) mass is 233 g/mol. The second-order valence-electron chi connectivity index (χ2n) is 3.75. The Labute approximate surface area is 98.9 Å². The van der Waals surface area contributed by atoms with Crippen molar-refractivity contribution < 1.29 is 9.53 Å². The summed E-state index contributed by atoms with van der Waals surface area (Å²) in [7, 11) is 1.53. The minimum Gasteiger partial charge on any atom is -0.449 e. The maximum Gasteiger partial charge on any atom is 0.406 e. The molecular weight excluding hydrogens is 218 g/mol. The highest BCUT2D eigenvalue weighted by atomic mass is 16.5. The van der Waals surface area contributed by atoms with E-state index in [2.05, 4.69) is 10.3 Å². The number of carbonyl (C=O) groups is 1. The molecule has 5 heteroatoms. The Balaban J connectivity index is 2.12. The number of nitrogen functional groups attached to an aromatic ring is 1. The Hall–Kier alpha value is -2.17. The summed E-state index contributed by atoms with van der Waals surface area (Å²) in [6.45, 7) is 0.337. The van der Waals surface area contributed by atoms with Gasteiger partial charge in [-0.25, -0.2) is 4.79 Å². The van der Waals surface area contributed by atoms with E-state index in [1.807, 2.05) is 24.4 Å². The highest BCUT2D eigenvalue weighted by Gasteiger charge is 2.05. The van der Waals surface area contributed by atoms with E-state index in [1.165, 1.54) is 7.05 Å². The van der Waals surface area contributed by atoms with Gasteiger partial charge in [-0.1, -0.05) is 0 Å². The lowest BCUT2D eigenvalue weighted by atomic mass is 10.1. The molecule has 0 fully saturated rings. The van der Waals surface area contributed by atoms with Crippen LogP contribution in [0.3, 0.4) is 0 Å². The van der Waals surface area contributed by atoms with Crippen LogP contribution < -0.4 is 11.1 Å². The number of benzene rings is 1. The molecule has 1 aromatic carbocycles. The first-order valence-corrected chi connectivity index (χ1v) is 5.40. The summed E-state index contributed by atoms with van der Waals surface area (Å²) < 4.78 is 4.96. The maximum atomic E-state index is 10.9. The van der Waals surface area contributed by atoms with Crippen molar-refractivity contribution in [2.45, 2.75) is 6.42 Å². The van der Waals surface area contributed by atoms with Crippen LogP contribution in [0, 0.1) is 0 Å². The molecule has 0 aliphatic heterocycles. The van der Waals surface area contributed by atoms with Crippen LogP contribution >= 0.6 is 0 Å². The summed E-state index contributed by atoms with van der Waals surface area (Å²) in [6, 6.07) is 5.78. The Kier molecular flexibility index (Phi) is 3.18. The fraction of sp³-hybridized carbons (Fsp3) is 0.250. The van der Waals surface area contributed by atoms with Gasteiger partial charge in [0.25, 0.3) is 0 Å². The van der Waals surface area contributed by atoms with E-state index >= 15 is 0 Å². The fourth-order valence-corrected chi connectivity index (χ4v) is 1.80. The van der Waals surface area contributed by atoms with E-state index in [4.69, 9.17) is 10.5 Å². The third-order valence-corrected chi connectivity index (χ3v) is 2.59.